The highest BCUT2D eigenvalue weighted by Gasteiger charge is 2.47. The van der Waals surface area contributed by atoms with Crippen molar-refractivity contribution < 1.29 is 70.9 Å². The Kier molecular flexibility index (Phi) is 8.80. The van der Waals surface area contributed by atoms with Crippen molar-refractivity contribution in [3.05, 3.63) is 18.3 Å². The van der Waals surface area contributed by atoms with Gasteiger partial charge in [-0.2, -0.15) is 8.62 Å². The number of nitrogens with zero attached hydrogens (tertiary/aromatic N) is 4. The van der Waals surface area contributed by atoms with Crippen molar-refractivity contribution in [3.8, 4) is 0 Å². The number of esters is 1. The molecule has 3 rings (SSSR count). The molecule has 1 aliphatic rings. The van der Waals surface area contributed by atoms with Crippen molar-refractivity contribution in [2.75, 3.05) is 13.2 Å². The highest BCUT2D eigenvalue weighted by Crippen LogP contribution is 2.66. The highest BCUT2D eigenvalue weighted by atomic mass is 31.3. The minimum Gasteiger partial charge on any atom is -0.466 e. The van der Waals surface area contributed by atoms with E-state index in [1.54, 1.807) is 6.92 Å². The zero-order valence-corrected chi connectivity index (χ0v) is 20.8. The number of imidazole rings is 1. The van der Waals surface area contributed by atoms with Crippen LogP contribution < -0.4 is 0 Å². The van der Waals surface area contributed by atoms with Crippen molar-refractivity contribution in [1.29, 1.82) is 0 Å². The molecule has 2 aromatic heterocycles. The van der Waals surface area contributed by atoms with Crippen LogP contribution in [0.4, 0.5) is 0 Å². The second kappa shape index (κ2) is 11.0. The minimum atomic E-state index is -5.74. The SMILES string of the molecule is CCOC(=O)Cc1ncnc2c1ncn2[C@@H]1O[C@H](COP(=O)(O)OP(=O)(O)OP(=O)(O)O)[C@@H](O)[C@H]1O. The standard InChI is InChI=1S/C14H21N4O15P3/c1-2-29-9(19)3-7-10-13(16-5-15-7)18(6-17-10)14-12(21)11(20)8(31-14)4-30-35(25,26)33-36(27,28)32-34(22,23)24/h5-6,8,11-12,14,20-21H,2-4H2,1H3,(H,25,26)(H,27,28)(H2,22,23,24)/t8-,11-,12-,14-/m1/s1. The minimum absolute atomic E-state index is 0.106. The van der Waals surface area contributed by atoms with E-state index in [0.717, 1.165) is 6.33 Å². The van der Waals surface area contributed by atoms with Gasteiger partial charge >= 0.3 is 29.4 Å². The Morgan fingerprint density at radius 1 is 1.06 bits per heavy atom. The Balaban J connectivity index is 1.72. The number of fused-ring (bicyclic) bond motifs is 1. The lowest BCUT2D eigenvalue weighted by atomic mass is 10.1. The van der Waals surface area contributed by atoms with Crippen LogP contribution >= 0.6 is 23.5 Å². The van der Waals surface area contributed by atoms with Gasteiger partial charge in [0.05, 0.1) is 31.7 Å². The number of rotatable bonds is 11. The molecule has 0 aliphatic carbocycles. The van der Waals surface area contributed by atoms with Crippen molar-refractivity contribution in [2.45, 2.75) is 37.9 Å². The normalized spacial score (nSPS) is 26.0. The molecular weight excluding hydrogens is 557 g/mol. The molecular formula is C14H21N4O15P3. The number of aromatic nitrogens is 4. The number of hydrogen-bond acceptors (Lipinski definition) is 14. The first-order chi connectivity index (χ1) is 16.6. The van der Waals surface area contributed by atoms with E-state index in [1.165, 1.54) is 10.9 Å². The topological polar surface area (TPSA) is 279 Å². The van der Waals surface area contributed by atoms with Gasteiger partial charge in [0.15, 0.2) is 11.9 Å². The van der Waals surface area contributed by atoms with Crippen LogP contribution in [-0.2, 0) is 47.5 Å². The van der Waals surface area contributed by atoms with Crippen molar-refractivity contribution in [1.82, 2.24) is 19.5 Å². The monoisotopic (exact) mass is 578 g/mol. The molecule has 6 N–H and O–H groups in total. The van der Waals surface area contributed by atoms with Crippen LogP contribution in [0.1, 0.15) is 18.8 Å². The summed E-state index contributed by atoms with van der Waals surface area (Å²) < 4.78 is 57.2. The second-order valence-corrected chi connectivity index (χ2v) is 11.5. The molecule has 0 bridgehead atoms. The molecule has 1 aliphatic heterocycles. The fourth-order valence-corrected chi connectivity index (χ4v) is 6.16. The number of carbonyl (C=O) groups excluding carboxylic acids is 1. The first kappa shape index (κ1) is 28.9. The molecule has 2 aromatic rings. The zero-order chi connectivity index (χ0) is 26.9. The summed E-state index contributed by atoms with van der Waals surface area (Å²) in [6.07, 6.45) is -4.15. The third kappa shape index (κ3) is 7.20. The van der Waals surface area contributed by atoms with Crippen LogP contribution in [0.25, 0.3) is 11.2 Å². The average Bonchev–Trinajstić information content (AvgIpc) is 3.26. The Hall–Kier alpha value is -1.69. The first-order valence-corrected chi connectivity index (χ1v) is 14.3. The Labute approximate surface area is 201 Å². The van der Waals surface area contributed by atoms with Crippen LogP contribution in [-0.4, -0.2) is 86.8 Å². The number of phosphoric ester groups is 1. The van der Waals surface area contributed by atoms with Gasteiger partial charge in [-0.25, -0.2) is 28.6 Å². The number of ether oxygens (including phenoxy) is 2. The van der Waals surface area contributed by atoms with E-state index >= 15 is 0 Å². The maximum absolute atomic E-state index is 11.9. The quantitative estimate of drug-likeness (QED) is 0.136. The van der Waals surface area contributed by atoms with Gasteiger partial charge in [-0.3, -0.25) is 13.9 Å². The molecule has 1 saturated heterocycles. The molecule has 0 saturated carbocycles. The van der Waals surface area contributed by atoms with Crippen LogP contribution in [0, 0.1) is 0 Å². The molecule has 22 heteroatoms. The molecule has 6 atom stereocenters. The van der Waals surface area contributed by atoms with Gasteiger partial charge in [0.2, 0.25) is 0 Å². The molecule has 0 aromatic carbocycles. The van der Waals surface area contributed by atoms with E-state index in [2.05, 4.69) is 28.1 Å². The van der Waals surface area contributed by atoms with Crippen LogP contribution in [0.15, 0.2) is 12.7 Å². The molecule has 3 heterocycles. The van der Waals surface area contributed by atoms with Gasteiger partial charge in [-0.15, -0.1) is 0 Å². The molecule has 0 spiro atoms. The third-order valence-corrected chi connectivity index (χ3v) is 8.28. The summed E-state index contributed by atoms with van der Waals surface area (Å²) in [4.78, 5) is 59.8. The van der Waals surface area contributed by atoms with Crippen LogP contribution in [0.3, 0.4) is 0 Å². The van der Waals surface area contributed by atoms with Crippen LogP contribution in [0.5, 0.6) is 0 Å². The predicted molar refractivity (Wildman–Crippen MR) is 111 cm³/mol. The number of aliphatic hydroxyl groups excluding tert-OH is 2. The maximum Gasteiger partial charge on any atom is 0.490 e. The lowest BCUT2D eigenvalue weighted by molar-refractivity contribution is -0.142. The Morgan fingerprint density at radius 3 is 2.39 bits per heavy atom. The third-order valence-electron chi connectivity index (χ3n) is 4.48. The number of aliphatic hydroxyl groups is 2. The first-order valence-electron chi connectivity index (χ1n) is 9.74. The summed E-state index contributed by atoms with van der Waals surface area (Å²) in [6, 6.07) is 0. The van der Waals surface area contributed by atoms with Gasteiger partial charge in [0.25, 0.3) is 0 Å². The molecule has 1 fully saturated rings. The largest absolute Gasteiger partial charge is 0.490 e. The lowest BCUT2D eigenvalue weighted by Gasteiger charge is -2.19. The van der Waals surface area contributed by atoms with Crippen LogP contribution in [0.2, 0.25) is 0 Å². The highest BCUT2D eigenvalue weighted by molar-refractivity contribution is 7.66. The molecule has 0 radical (unpaired) electrons. The number of phosphoric acid groups is 3. The molecule has 2 unspecified atom stereocenters. The smallest absolute Gasteiger partial charge is 0.466 e. The zero-order valence-electron chi connectivity index (χ0n) is 18.1. The van der Waals surface area contributed by atoms with E-state index in [9.17, 15) is 38.5 Å². The molecule has 202 valence electrons. The predicted octanol–water partition coefficient (Wildman–Crippen LogP) is -1.11. The van der Waals surface area contributed by atoms with Crippen molar-refractivity contribution in [3.63, 3.8) is 0 Å². The summed E-state index contributed by atoms with van der Waals surface area (Å²) in [5, 5.41) is 20.7. The summed E-state index contributed by atoms with van der Waals surface area (Å²) in [6.45, 7) is 0.796. The van der Waals surface area contributed by atoms with Gasteiger partial charge in [-0.1, -0.05) is 0 Å². The fourth-order valence-electron chi connectivity index (χ4n) is 3.13. The average molecular weight is 578 g/mol. The molecule has 19 nitrogen and oxygen atoms in total. The van der Waals surface area contributed by atoms with Crippen molar-refractivity contribution >= 4 is 40.6 Å². The summed E-state index contributed by atoms with van der Waals surface area (Å²) in [5.74, 6) is -0.564. The van der Waals surface area contributed by atoms with Crippen molar-refractivity contribution in [2.24, 2.45) is 0 Å². The van der Waals surface area contributed by atoms with E-state index in [0.29, 0.717) is 0 Å². The maximum atomic E-state index is 11.9. The van der Waals surface area contributed by atoms with E-state index in [-0.39, 0.29) is 29.9 Å². The van der Waals surface area contributed by atoms with Gasteiger partial charge in [-0.05, 0) is 6.92 Å². The molecule has 0 amide bonds. The van der Waals surface area contributed by atoms with E-state index < -0.39 is 60.6 Å². The fraction of sp³-hybridized carbons (Fsp3) is 0.571. The van der Waals surface area contributed by atoms with E-state index in [4.69, 9.17) is 19.3 Å². The number of carbonyl (C=O) groups is 1. The Morgan fingerprint density at radius 2 is 1.75 bits per heavy atom. The summed E-state index contributed by atoms with van der Waals surface area (Å²) >= 11 is 0. The van der Waals surface area contributed by atoms with Gasteiger partial charge < -0.3 is 39.3 Å². The lowest BCUT2D eigenvalue weighted by Crippen LogP contribution is -2.33. The number of hydrogen-bond donors (Lipinski definition) is 6. The Bertz CT molecular complexity index is 1250. The van der Waals surface area contributed by atoms with Gasteiger partial charge in [0.1, 0.15) is 30.2 Å². The second-order valence-electron chi connectivity index (χ2n) is 7.06. The molecule has 36 heavy (non-hydrogen) atoms. The summed E-state index contributed by atoms with van der Waals surface area (Å²) in [7, 11) is -16.8. The summed E-state index contributed by atoms with van der Waals surface area (Å²) in [5.41, 5.74) is 0.496. The van der Waals surface area contributed by atoms with Gasteiger partial charge in [0, 0.05) is 0 Å². The van der Waals surface area contributed by atoms with E-state index in [1.807, 2.05) is 0 Å².